The van der Waals surface area contributed by atoms with Crippen LogP contribution in [0, 0.1) is 0 Å². The van der Waals surface area contributed by atoms with Crippen LogP contribution in [0.4, 0.5) is 0 Å². The lowest BCUT2D eigenvalue weighted by Gasteiger charge is -2.19. The van der Waals surface area contributed by atoms with Crippen molar-refractivity contribution in [3.05, 3.63) is 59.7 Å². The van der Waals surface area contributed by atoms with Gasteiger partial charge in [-0.05, 0) is 22.3 Å². The van der Waals surface area contributed by atoms with Crippen LogP contribution in [-0.2, 0) is 9.53 Å². The first kappa shape index (κ1) is 13.5. The Hall–Kier alpha value is -2.17. The van der Waals surface area contributed by atoms with E-state index in [0.717, 1.165) is 22.3 Å². The molecule has 2 aliphatic rings. The number of ether oxygens (including phenoxy) is 1. The highest BCUT2D eigenvalue weighted by Gasteiger charge is 2.36. The van der Waals surface area contributed by atoms with Crippen LogP contribution in [0.1, 0.15) is 17.0 Å². The van der Waals surface area contributed by atoms with E-state index in [-0.39, 0.29) is 24.5 Å². The lowest BCUT2D eigenvalue weighted by molar-refractivity contribution is -0.122. The molecule has 1 aliphatic carbocycles. The number of aliphatic hydroxyl groups excluding tert-OH is 1. The summed E-state index contributed by atoms with van der Waals surface area (Å²) in [5, 5.41) is 12.8. The van der Waals surface area contributed by atoms with Crippen LogP contribution in [0.3, 0.4) is 0 Å². The van der Waals surface area contributed by atoms with E-state index in [1.165, 1.54) is 0 Å². The van der Waals surface area contributed by atoms with Gasteiger partial charge in [-0.25, -0.2) is 0 Å². The lowest BCUT2D eigenvalue weighted by atomic mass is 9.95. The molecule has 0 saturated carbocycles. The van der Waals surface area contributed by atoms with Crippen LogP contribution in [-0.4, -0.2) is 36.4 Å². The fourth-order valence-electron chi connectivity index (χ4n) is 3.38. The molecule has 0 bridgehead atoms. The topological polar surface area (TPSA) is 58.6 Å². The third-order valence-corrected chi connectivity index (χ3v) is 4.47. The maximum absolute atomic E-state index is 12.8. The fraction of sp³-hybridized carbons (Fsp3) is 0.278. The van der Waals surface area contributed by atoms with E-state index in [9.17, 15) is 9.90 Å². The highest BCUT2D eigenvalue weighted by atomic mass is 16.5. The number of hydrogen-bond acceptors (Lipinski definition) is 3. The molecular weight excluding hydrogens is 278 g/mol. The summed E-state index contributed by atoms with van der Waals surface area (Å²) in [6, 6.07) is 15.7. The summed E-state index contributed by atoms with van der Waals surface area (Å²) in [4.78, 5) is 12.8. The first-order valence-corrected chi connectivity index (χ1v) is 7.50. The number of benzene rings is 2. The summed E-state index contributed by atoms with van der Waals surface area (Å²) in [6.07, 6.45) is -0.629. The normalized spacial score (nSPS) is 23.1. The molecule has 0 radical (unpaired) electrons. The SMILES string of the molecule is O=C(N[C@H]1COC[C@@H]1O)C1c2ccccc2-c2ccccc21. The number of carbonyl (C=O) groups is 1. The van der Waals surface area contributed by atoms with Crippen molar-refractivity contribution in [2.45, 2.75) is 18.1 Å². The van der Waals surface area contributed by atoms with E-state index >= 15 is 0 Å². The van der Waals surface area contributed by atoms with Gasteiger partial charge in [0.15, 0.2) is 0 Å². The Morgan fingerprint density at radius 3 is 2.14 bits per heavy atom. The Morgan fingerprint density at radius 2 is 1.59 bits per heavy atom. The van der Waals surface area contributed by atoms with Crippen LogP contribution in [0.5, 0.6) is 0 Å². The van der Waals surface area contributed by atoms with Crippen molar-refractivity contribution >= 4 is 5.91 Å². The van der Waals surface area contributed by atoms with Gasteiger partial charge in [0.2, 0.25) is 5.91 Å². The Labute approximate surface area is 128 Å². The van der Waals surface area contributed by atoms with Gasteiger partial charge < -0.3 is 15.2 Å². The smallest absolute Gasteiger partial charge is 0.232 e. The van der Waals surface area contributed by atoms with Crippen LogP contribution in [0.25, 0.3) is 11.1 Å². The van der Waals surface area contributed by atoms with E-state index in [2.05, 4.69) is 17.4 Å². The van der Waals surface area contributed by atoms with Crippen molar-refractivity contribution in [3.63, 3.8) is 0 Å². The molecule has 1 amide bonds. The van der Waals surface area contributed by atoms with Crippen LogP contribution < -0.4 is 5.32 Å². The highest BCUT2D eigenvalue weighted by Crippen LogP contribution is 2.44. The van der Waals surface area contributed by atoms with Gasteiger partial charge in [-0.15, -0.1) is 0 Å². The number of rotatable bonds is 2. The summed E-state index contributed by atoms with van der Waals surface area (Å²) in [6.45, 7) is 0.645. The number of nitrogens with one attached hydrogen (secondary N) is 1. The minimum absolute atomic E-state index is 0.0769. The van der Waals surface area contributed by atoms with Crippen LogP contribution in [0.2, 0.25) is 0 Å². The Kier molecular flexibility index (Phi) is 3.21. The standard InChI is InChI=1S/C18H17NO3/c20-16-10-22-9-15(16)19-18(21)17-13-7-3-1-5-11(13)12-6-2-4-8-14(12)17/h1-8,15-17,20H,9-10H2,(H,19,21)/t15-,16-/m0/s1. The van der Waals surface area contributed by atoms with E-state index < -0.39 is 6.10 Å². The van der Waals surface area contributed by atoms with E-state index in [4.69, 9.17) is 4.74 Å². The maximum Gasteiger partial charge on any atom is 0.232 e. The molecule has 0 aromatic heterocycles. The summed E-state index contributed by atoms with van der Waals surface area (Å²) in [7, 11) is 0. The monoisotopic (exact) mass is 295 g/mol. The van der Waals surface area contributed by atoms with Crippen molar-refractivity contribution in [3.8, 4) is 11.1 Å². The number of hydrogen-bond donors (Lipinski definition) is 2. The average Bonchev–Trinajstić information content (AvgIpc) is 3.09. The minimum atomic E-state index is -0.629. The number of amides is 1. The van der Waals surface area contributed by atoms with Gasteiger partial charge in [0.25, 0.3) is 0 Å². The van der Waals surface area contributed by atoms with Crippen molar-refractivity contribution < 1.29 is 14.6 Å². The summed E-state index contributed by atoms with van der Waals surface area (Å²) in [5.41, 5.74) is 4.27. The Balaban J connectivity index is 1.70. The first-order valence-electron chi connectivity index (χ1n) is 7.50. The van der Waals surface area contributed by atoms with Gasteiger partial charge >= 0.3 is 0 Å². The van der Waals surface area contributed by atoms with Crippen molar-refractivity contribution in [2.75, 3.05) is 13.2 Å². The van der Waals surface area contributed by atoms with Gasteiger partial charge in [0.1, 0.15) is 0 Å². The molecule has 22 heavy (non-hydrogen) atoms. The highest BCUT2D eigenvalue weighted by molar-refractivity contribution is 5.96. The van der Waals surface area contributed by atoms with Gasteiger partial charge in [-0.1, -0.05) is 48.5 Å². The van der Waals surface area contributed by atoms with Gasteiger partial charge in [-0.2, -0.15) is 0 Å². The number of carbonyl (C=O) groups excluding carboxylic acids is 1. The Morgan fingerprint density at radius 1 is 1.00 bits per heavy atom. The van der Waals surface area contributed by atoms with Gasteiger partial charge in [-0.3, -0.25) is 4.79 Å². The third-order valence-electron chi connectivity index (χ3n) is 4.47. The summed E-state index contributed by atoms with van der Waals surface area (Å²) >= 11 is 0. The Bertz CT molecular complexity index is 682. The van der Waals surface area contributed by atoms with Crippen molar-refractivity contribution in [1.82, 2.24) is 5.32 Å². The molecule has 0 spiro atoms. The molecule has 2 atom stereocenters. The maximum atomic E-state index is 12.8. The predicted octanol–water partition coefficient (Wildman–Crippen LogP) is 1.67. The van der Waals surface area contributed by atoms with Crippen LogP contribution in [0.15, 0.2) is 48.5 Å². The molecule has 4 heteroatoms. The van der Waals surface area contributed by atoms with E-state index in [0.29, 0.717) is 6.61 Å². The molecule has 0 unspecified atom stereocenters. The van der Waals surface area contributed by atoms with Crippen LogP contribution >= 0.6 is 0 Å². The molecule has 1 fully saturated rings. The minimum Gasteiger partial charge on any atom is -0.388 e. The van der Waals surface area contributed by atoms with Crippen molar-refractivity contribution in [2.24, 2.45) is 0 Å². The third kappa shape index (κ3) is 2.03. The zero-order chi connectivity index (χ0) is 15.1. The average molecular weight is 295 g/mol. The molecule has 4 nitrogen and oxygen atoms in total. The molecule has 2 N–H and O–H groups in total. The molecule has 4 rings (SSSR count). The summed E-state index contributed by atoms with van der Waals surface area (Å²) < 4.78 is 5.21. The molecule has 2 aromatic rings. The number of fused-ring (bicyclic) bond motifs is 3. The second-order valence-electron chi connectivity index (χ2n) is 5.83. The van der Waals surface area contributed by atoms with Crippen molar-refractivity contribution in [1.29, 1.82) is 0 Å². The molecule has 1 aliphatic heterocycles. The largest absolute Gasteiger partial charge is 0.388 e. The van der Waals surface area contributed by atoms with Gasteiger partial charge in [0.05, 0.1) is 31.3 Å². The molecule has 112 valence electrons. The number of aliphatic hydroxyl groups is 1. The second-order valence-corrected chi connectivity index (χ2v) is 5.83. The van der Waals surface area contributed by atoms with E-state index in [1.807, 2.05) is 36.4 Å². The molecule has 2 aromatic carbocycles. The molecule has 1 heterocycles. The second kappa shape index (κ2) is 5.23. The first-order chi connectivity index (χ1) is 10.8. The molecular formula is C18H17NO3. The van der Waals surface area contributed by atoms with Gasteiger partial charge in [0, 0.05) is 0 Å². The summed E-state index contributed by atoms with van der Waals surface area (Å²) in [5.74, 6) is -0.396. The zero-order valence-electron chi connectivity index (χ0n) is 12.0. The predicted molar refractivity (Wildman–Crippen MR) is 82.5 cm³/mol. The lowest BCUT2D eigenvalue weighted by Crippen LogP contribution is -2.44. The molecule has 1 saturated heterocycles. The fourth-order valence-corrected chi connectivity index (χ4v) is 3.38. The zero-order valence-corrected chi connectivity index (χ0v) is 12.0. The van der Waals surface area contributed by atoms with E-state index in [1.54, 1.807) is 0 Å². The quantitative estimate of drug-likeness (QED) is 0.886.